The molecular weight excluding hydrogens is 190 g/mol. The van der Waals surface area contributed by atoms with Crippen molar-refractivity contribution in [3.8, 4) is 12.1 Å². The molecule has 0 fully saturated rings. The molecule has 1 rings (SSSR count). The second-order valence-corrected chi connectivity index (χ2v) is 2.69. The van der Waals surface area contributed by atoms with Gasteiger partial charge >= 0.3 is 0 Å². The maximum atomic E-state index is 8.68. The molecule has 5 nitrogen and oxygen atoms in total. The molecule has 0 saturated carbocycles. The van der Waals surface area contributed by atoms with Crippen LogP contribution in [0.4, 0.5) is 0 Å². The molecule has 0 unspecified atom stereocenters. The van der Waals surface area contributed by atoms with Crippen molar-refractivity contribution >= 4 is 0 Å². The van der Waals surface area contributed by atoms with Crippen molar-refractivity contribution in [2.75, 3.05) is 0 Å². The Hall–Kier alpha value is -2.53. The molecule has 0 aliphatic rings. The number of pyridine rings is 1. The maximum absolute atomic E-state index is 8.68. The number of aromatic nitrogens is 1. The van der Waals surface area contributed by atoms with Crippen LogP contribution in [-0.4, -0.2) is 4.98 Å². The number of nitriles is 2. The maximum Gasteiger partial charge on any atom is 0.148 e. The fraction of sp³-hybridized carbons (Fsp3) is 0.100. The number of hydrogen-bond donors (Lipinski definition) is 2. The molecule has 0 aromatic carbocycles. The highest BCUT2D eigenvalue weighted by Crippen LogP contribution is 1.96. The molecule has 0 radical (unpaired) electrons. The van der Waals surface area contributed by atoms with E-state index in [1.807, 2.05) is 18.2 Å². The number of nitrogens with two attached hydrogens (primary N) is 1. The van der Waals surface area contributed by atoms with Crippen LogP contribution in [-0.2, 0) is 6.54 Å². The van der Waals surface area contributed by atoms with E-state index < -0.39 is 0 Å². The van der Waals surface area contributed by atoms with Crippen LogP contribution in [0.15, 0.2) is 35.8 Å². The molecule has 0 saturated heterocycles. The van der Waals surface area contributed by atoms with Crippen molar-refractivity contribution in [3.05, 3.63) is 41.5 Å². The van der Waals surface area contributed by atoms with Crippen LogP contribution in [0, 0.1) is 22.7 Å². The molecule has 0 spiro atoms. The zero-order valence-electron chi connectivity index (χ0n) is 7.94. The molecule has 1 aromatic rings. The van der Waals surface area contributed by atoms with Gasteiger partial charge in [0.15, 0.2) is 0 Å². The lowest BCUT2D eigenvalue weighted by Crippen LogP contribution is -2.17. The lowest BCUT2D eigenvalue weighted by Gasteiger charge is -2.03. The molecule has 15 heavy (non-hydrogen) atoms. The van der Waals surface area contributed by atoms with Crippen LogP contribution in [0.1, 0.15) is 5.69 Å². The first-order valence-electron chi connectivity index (χ1n) is 4.21. The summed E-state index contributed by atoms with van der Waals surface area (Å²) >= 11 is 0. The summed E-state index contributed by atoms with van der Waals surface area (Å²) in [6.45, 7) is 0.367. The molecule has 1 aromatic heterocycles. The van der Waals surface area contributed by atoms with Crippen molar-refractivity contribution in [2.24, 2.45) is 5.73 Å². The summed E-state index contributed by atoms with van der Waals surface area (Å²) in [6, 6.07) is 8.97. The van der Waals surface area contributed by atoms with Crippen molar-refractivity contribution in [3.63, 3.8) is 0 Å². The summed E-state index contributed by atoms with van der Waals surface area (Å²) in [7, 11) is 0. The number of allylic oxidation sites excluding steroid dienone is 2. The quantitative estimate of drug-likeness (QED) is 0.686. The minimum Gasteiger partial charge on any atom is -0.388 e. The highest BCUT2D eigenvalue weighted by Gasteiger charge is 2.01. The first kappa shape index (κ1) is 10.6. The molecule has 0 atom stereocenters. The van der Waals surface area contributed by atoms with Gasteiger partial charge in [-0.1, -0.05) is 6.07 Å². The van der Waals surface area contributed by atoms with E-state index in [2.05, 4.69) is 10.3 Å². The van der Waals surface area contributed by atoms with Crippen LogP contribution >= 0.6 is 0 Å². The molecule has 0 bridgehead atoms. The molecule has 0 aliphatic carbocycles. The largest absolute Gasteiger partial charge is 0.388 e. The van der Waals surface area contributed by atoms with E-state index in [-0.39, 0.29) is 11.4 Å². The van der Waals surface area contributed by atoms with Crippen molar-refractivity contribution in [2.45, 2.75) is 6.54 Å². The molecule has 74 valence electrons. The summed E-state index contributed by atoms with van der Waals surface area (Å²) < 4.78 is 0. The summed E-state index contributed by atoms with van der Waals surface area (Å²) in [4.78, 5) is 4.05. The topological polar surface area (TPSA) is 98.5 Å². The van der Waals surface area contributed by atoms with Crippen LogP contribution in [0.5, 0.6) is 0 Å². The average molecular weight is 199 g/mol. The van der Waals surface area contributed by atoms with Gasteiger partial charge in [-0.3, -0.25) is 4.98 Å². The molecule has 5 heteroatoms. The predicted octanol–water partition coefficient (Wildman–Crippen LogP) is 0.389. The predicted molar refractivity (Wildman–Crippen MR) is 53.5 cm³/mol. The van der Waals surface area contributed by atoms with E-state index >= 15 is 0 Å². The smallest absolute Gasteiger partial charge is 0.148 e. The molecular formula is C10H9N5. The normalized spacial score (nSPS) is 10.8. The third-order valence-electron chi connectivity index (χ3n) is 1.67. The summed E-state index contributed by atoms with van der Waals surface area (Å²) in [6.07, 6.45) is 1.65. The fourth-order valence-electron chi connectivity index (χ4n) is 0.933. The number of rotatable bonds is 3. The van der Waals surface area contributed by atoms with Gasteiger partial charge in [-0.05, 0) is 12.1 Å². The highest BCUT2D eigenvalue weighted by atomic mass is 14.9. The lowest BCUT2D eigenvalue weighted by atomic mass is 10.3. The van der Waals surface area contributed by atoms with Crippen LogP contribution < -0.4 is 11.1 Å². The minimum atomic E-state index is -0.117. The average Bonchev–Trinajstić information content (AvgIpc) is 2.31. The number of nitrogens with zero attached hydrogens (tertiary/aromatic N) is 3. The van der Waals surface area contributed by atoms with Gasteiger partial charge in [-0.25, -0.2) is 0 Å². The van der Waals surface area contributed by atoms with Gasteiger partial charge in [0.05, 0.1) is 12.2 Å². The Morgan fingerprint density at radius 2 is 2.20 bits per heavy atom. The van der Waals surface area contributed by atoms with Crippen molar-refractivity contribution in [1.82, 2.24) is 10.3 Å². The van der Waals surface area contributed by atoms with Crippen molar-refractivity contribution < 1.29 is 0 Å². The number of nitrogens with one attached hydrogen (secondary N) is 1. The van der Waals surface area contributed by atoms with Gasteiger partial charge in [0.2, 0.25) is 0 Å². The van der Waals surface area contributed by atoms with Gasteiger partial charge in [0.25, 0.3) is 0 Å². The third kappa shape index (κ3) is 3.02. The van der Waals surface area contributed by atoms with Gasteiger partial charge in [-0.15, -0.1) is 0 Å². The van der Waals surface area contributed by atoms with Gasteiger partial charge < -0.3 is 11.1 Å². The van der Waals surface area contributed by atoms with E-state index in [1.165, 1.54) is 0 Å². The summed E-state index contributed by atoms with van der Waals surface area (Å²) in [5.74, 6) is 0. The van der Waals surface area contributed by atoms with Gasteiger partial charge in [0.1, 0.15) is 23.5 Å². The molecule has 3 N–H and O–H groups in total. The Kier molecular flexibility index (Phi) is 3.70. The standard InChI is InChI=1S/C10H9N5/c11-5-9(13)10(6-12)15-7-8-3-1-2-4-14-8/h1-4,15H,7,13H2. The van der Waals surface area contributed by atoms with Gasteiger partial charge in [-0.2, -0.15) is 10.5 Å². The second kappa shape index (κ2) is 5.25. The Morgan fingerprint density at radius 1 is 1.40 bits per heavy atom. The molecule has 0 aliphatic heterocycles. The highest BCUT2D eigenvalue weighted by molar-refractivity contribution is 5.33. The Balaban J connectivity index is 2.66. The first-order chi connectivity index (χ1) is 7.27. The third-order valence-corrected chi connectivity index (χ3v) is 1.67. The van der Waals surface area contributed by atoms with Gasteiger partial charge in [0, 0.05) is 6.20 Å². The summed E-state index contributed by atoms with van der Waals surface area (Å²) in [5, 5.41) is 19.9. The molecule has 1 heterocycles. The Morgan fingerprint density at radius 3 is 2.73 bits per heavy atom. The van der Waals surface area contributed by atoms with E-state index in [0.29, 0.717) is 6.54 Å². The van der Waals surface area contributed by atoms with E-state index in [4.69, 9.17) is 16.3 Å². The fourth-order valence-corrected chi connectivity index (χ4v) is 0.933. The lowest BCUT2D eigenvalue weighted by molar-refractivity contribution is 0.801. The van der Waals surface area contributed by atoms with Crippen LogP contribution in [0.25, 0.3) is 0 Å². The van der Waals surface area contributed by atoms with E-state index in [1.54, 1.807) is 18.3 Å². The van der Waals surface area contributed by atoms with Crippen molar-refractivity contribution in [1.29, 1.82) is 10.5 Å². The minimum absolute atomic E-state index is 0.0724. The van der Waals surface area contributed by atoms with E-state index in [9.17, 15) is 0 Å². The first-order valence-corrected chi connectivity index (χ1v) is 4.21. The second-order valence-electron chi connectivity index (χ2n) is 2.69. The monoisotopic (exact) mass is 199 g/mol. The Labute approximate surface area is 87.5 Å². The van der Waals surface area contributed by atoms with Crippen LogP contribution in [0.3, 0.4) is 0 Å². The SMILES string of the molecule is N#CC(N)=C(C#N)NCc1ccccn1. The van der Waals surface area contributed by atoms with E-state index in [0.717, 1.165) is 5.69 Å². The Bertz CT molecular complexity index is 435. The molecule has 0 amide bonds. The zero-order valence-corrected chi connectivity index (χ0v) is 7.94. The van der Waals surface area contributed by atoms with Crippen LogP contribution in [0.2, 0.25) is 0 Å². The zero-order chi connectivity index (χ0) is 11.1. The summed E-state index contributed by atoms with van der Waals surface area (Å²) in [5.41, 5.74) is 6.03. The number of hydrogen-bond acceptors (Lipinski definition) is 5.